The number of hydrogen-bond acceptors (Lipinski definition) is 3. The second-order valence-corrected chi connectivity index (χ2v) is 2.20. The fraction of sp³-hybridized carbons (Fsp3) is 0.333. The highest BCUT2D eigenvalue weighted by Crippen LogP contribution is 2.03. The van der Waals surface area contributed by atoms with Crippen LogP contribution in [0.25, 0.3) is 0 Å². The molecule has 10 heavy (non-hydrogen) atoms. The molecule has 0 aliphatic heterocycles. The molecule has 4 heteroatoms. The highest BCUT2D eigenvalue weighted by Gasteiger charge is 2.05. The van der Waals surface area contributed by atoms with E-state index in [1.807, 2.05) is 0 Å². The van der Waals surface area contributed by atoms with Crippen LogP contribution in [0, 0.1) is 19.1 Å². The van der Waals surface area contributed by atoms with Gasteiger partial charge in [-0.1, -0.05) is 4.85 Å². The summed E-state index contributed by atoms with van der Waals surface area (Å²) in [5.41, 5.74) is 7.04. The van der Waals surface area contributed by atoms with E-state index in [2.05, 4.69) is 5.10 Å². The smallest absolute Gasteiger partial charge is 0.241 e. The monoisotopic (exact) mass is 139 g/mol. The molecule has 0 amide bonds. The lowest BCUT2D eigenvalue weighted by atomic mass is 10.3. The molecule has 0 saturated heterocycles. The first-order valence-corrected chi connectivity index (χ1v) is 2.95. The van der Waals surface area contributed by atoms with Gasteiger partial charge >= 0.3 is 0 Å². The number of rotatable bonds is 0. The SMILES string of the molecule is Cc1cc(N)c(C)[n+]([O-])n1. The van der Waals surface area contributed by atoms with E-state index in [0.29, 0.717) is 21.9 Å². The summed E-state index contributed by atoms with van der Waals surface area (Å²) in [6, 6.07) is 1.67. The van der Waals surface area contributed by atoms with Gasteiger partial charge in [-0.3, -0.25) is 0 Å². The number of nitrogens with zero attached hydrogens (tertiary/aromatic N) is 2. The number of aryl methyl sites for hydroxylation is 1. The van der Waals surface area contributed by atoms with Crippen LogP contribution in [-0.4, -0.2) is 5.10 Å². The molecule has 2 N–H and O–H groups in total. The summed E-state index contributed by atoms with van der Waals surface area (Å²) in [6.45, 7) is 3.36. The van der Waals surface area contributed by atoms with E-state index in [0.717, 1.165) is 0 Å². The van der Waals surface area contributed by atoms with Gasteiger partial charge in [0, 0.05) is 12.0 Å². The van der Waals surface area contributed by atoms with E-state index < -0.39 is 0 Å². The Morgan fingerprint density at radius 3 is 2.70 bits per heavy atom. The molecule has 0 radical (unpaired) electrons. The fourth-order valence-electron chi connectivity index (χ4n) is 0.687. The van der Waals surface area contributed by atoms with Crippen LogP contribution in [0.2, 0.25) is 0 Å². The first-order chi connectivity index (χ1) is 4.61. The molecule has 54 valence electrons. The zero-order chi connectivity index (χ0) is 7.72. The van der Waals surface area contributed by atoms with Crippen molar-refractivity contribution in [2.45, 2.75) is 13.8 Å². The third-order valence-corrected chi connectivity index (χ3v) is 1.32. The zero-order valence-electron chi connectivity index (χ0n) is 5.96. The van der Waals surface area contributed by atoms with Crippen molar-refractivity contribution in [1.82, 2.24) is 5.10 Å². The van der Waals surface area contributed by atoms with Crippen LogP contribution in [-0.2, 0) is 0 Å². The van der Waals surface area contributed by atoms with Gasteiger partial charge in [0.15, 0.2) is 0 Å². The van der Waals surface area contributed by atoms with E-state index in [1.165, 1.54) is 0 Å². The quantitative estimate of drug-likeness (QED) is 0.403. The van der Waals surface area contributed by atoms with E-state index in [-0.39, 0.29) is 0 Å². The molecule has 1 aromatic rings. The van der Waals surface area contributed by atoms with Gasteiger partial charge in [-0.15, -0.1) is 0 Å². The molecule has 1 heterocycles. The Morgan fingerprint density at radius 1 is 1.60 bits per heavy atom. The molecule has 0 saturated carbocycles. The first kappa shape index (κ1) is 6.80. The van der Waals surface area contributed by atoms with Crippen LogP contribution in [0.1, 0.15) is 11.4 Å². The Hall–Kier alpha value is -1.32. The number of aromatic nitrogens is 2. The molecule has 0 unspecified atom stereocenters. The Labute approximate surface area is 58.9 Å². The molecule has 1 rings (SSSR count). The average Bonchev–Trinajstić information content (AvgIpc) is 1.82. The molecular weight excluding hydrogens is 130 g/mol. The van der Waals surface area contributed by atoms with E-state index in [1.54, 1.807) is 19.9 Å². The van der Waals surface area contributed by atoms with Crippen LogP contribution in [0.3, 0.4) is 0 Å². The Balaban J connectivity index is 3.31. The summed E-state index contributed by atoms with van der Waals surface area (Å²) in [6.07, 6.45) is 0. The molecule has 4 nitrogen and oxygen atoms in total. The molecule has 0 fully saturated rings. The molecule has 0 bridgehead atoms. The number of nitrogens with two attached hydrogens (primary N) is 1. The number of nitrogen functional groups attached to an aromatic ring is 1. The van der Waals surface area contributed by atoms with Gasteiger partial charge in [-0.05, 0) is 13.0 Å². The van der Waals surface area contributed by atoms with Crippen molar-refractivity contribution in [2.24, 2.45) is 0 Å². The Morgan fingerprint density at radius 2 is 2.20 bits per heavy atom. The molecule has 0 aliphatic rings. The minimum atomic E-state index is 0.450. The fourth-order valence-corrected chi connectivity index (χ4v) is 0.687. The Bertz CT molecular complexity index is 236. The van der Waals surface area contributed by atoms with Gasteiger partial charge in [0.25, 0.3) is 0 Å². The lowest BCUT2D eigenvalue weighted by Crippen LogP contribution is -2.36. The van der Waals surface area contributed by atoms with E-state index in [9.17, 15) is 5.21 Å². The van der Waals surface area contributed by atoms with Crippen molar-refractivity contribution < 1.29 is 4.85 Å². The summed E-state index contributed by atoms with van der Waals surface area (Å²) < 4.78 is 0. The van der Waals surface area contributed by atoms with Crippen molar-refractivity contribution >= 4 is 5.69 Å². The molecule has 1 aromatic heterocycles. The van der Waals surface area contributed by atoms with Gasteiger partial charge in [-0.2, -0.15) is 0 Å². The maximum absolute atomic E-state index is 10.8. The lowest BCUT2D eigenvalue weighted by molar-refractivity contribution is -0.675. The summed E-state index contributed by atoms with van der Waals surface area (Å²) in [7, 11) is 0. The summed E-state index contributed by atoms with van der Waals surface area (Å²) in [4.78, 5) is 0.532. The largest absolute Gasteiger partial charge is 0.594 e. The molecule has 0 spiro atoms. The zero-order valence-corrected chi connectivity index (χ0v) is 5.96. The van der Waals surface area contributed by atoms with Crippen molar-refractivity contribution in [3.63, 3.8) is 0 Å². The predicted molar refractivity (Wildman–Crippen MR) is 37.1 cm³/mol. The first-order valence-electron chi connectivity index (χ1n) is 2.95. The van der Waals surface area contributed by atoms with Crippen molar-refractivity contribution in [2.75, 3.05) is 5.73 Å². The topological polar surface area (TPSA) is 65.8 Å². The van der Waals surface area contributed by atoms with E-state index in [4.69, 9.17) is 5.73 Å². The van der Waals surface area contributed by atoms with Gasteiger partial charge < -0.3 is 10.9 Å². The van der Waals surface area contributed by atoms with Gasteiger partial charge in [-0.25, -0.2) is 0 Å². The molecule has 0 aliphatic carbocycles. The van der Waals surface area contributed by atoms with Gasteiger partial charge in [0.05, 0.1) is 0 Å². The van der Waals surface area contributed by atoms with Crippen LogP contribution in [0.15, 0.2) is 6.07 Å². The highest BCUT2D eigenvalue weighted by molar-refractivity contribution is 5.39. The normalized spacial score (nSPS) is 9.80. The van der Waals surface area contributed by atoms with Crippen molar-refractivity contribution in [3.05, 3.63) is 22.7 Å². The third-order valence-electron chi connectivity index (χ3n) is 1.32. The van der Waals surface area contributed by atoms with Gasteiger partial charge in [0.2, 0.25) is 5.69 Å². The maximum Gasteiger partial charge on any atom is 0.241 e. The minimum absolute atomic E-state index is 0.450. The lowest BCUT2D eigenvalue weighted by Gasteiger charge is -1.99. The average molecular weight is 139 g/mol. The second-order valence-electron chi connectivity index (χ2n) is 2.20. The number of anilines is 1. The highest BCUT2D eigenvalue weighted by atomic mass is 16.5. The van der Waals surface area contributed by atoms with E-state index >= 15 is 0 Å². The van der Waals surface area contributed by atoms with Crippen LogP contribution >= 0.6 is 0 Å². The third kappa shape index (κ3) is 1.00. The maximum atomic E-state index is 10.8. The van der Waals surface area contributed by atoms with Crippen molar-refractivity contribution in [3.8, 4) is 0 Å². The van der Waals surface area contributed by atoms with Crippen LogP contribution in [0.4, 0.5) is 5.69 Å². The standard InChI is InChI=1S/C6H9N3O/c1-4-3-6(7)5(2)9(10)8-4/h3H,7H2,1-2H3. The van der Waals surface area contributed by atoms with Crippen molar-refractivity contribution in [1.29, 1.82) is 0 Å². The molecule has 0 atom stereocenters. The van der Waals surface area contributed by atoms with Crippen LogP contribution in [0.5, 0.6) is 0 Å². The molecular formula is C6H9N3O. The summed E-state index contributed by atoms with van der Waals surface area (Å²) in [5.74, 6) is 0. The van der Waals surface area contributed by atoms with Gasteiger partial charge in [0.1, 0.15) is 11.4 Å². The Kier molecular flexibility index (Phi) is 1.45. The summed E-state index contributed by atoms with van der Waals surface area (Å²) in [5, 5.41) is 14.4. The summed E-state index contributed by atoms with van der Waals surface area (Å²) >= 11 is 0. The predicted octanol–water partition coefficient (Wildman–Crippen LogP) is -0.0860. The number of hydrogen-bond donors (Lipinski definition) is 1. The van der Waals surface area contributed by atoms with Crippen LogP contribution < -0.4 is 10.6 Å². The minimum Gasteiger partial charge on any atom is -0.594 e. The molecule has 0 aromatic carbocycles. The second kappa shape index (κ2) is 2.13.